The standard InChI is InChI=1S/C15H22O/c1-12-8-6-7-11-14(12)15(2,16)13-9-4-3-5-10-13/h6-8,11,13,16H,3-5,9-10H2,1-2H3. The minimum Gasteiger partial charge on any atom is -0.385 e. The zero-order valence-electron chi connectivity index (χ0n) is 10.4. The lowest BCUT2D eigenvalue weighted by atomic mass is 9.73. The molecule has 0 saturated heterocycles. The van der Waals surface area contributed by atoms with E-state index in [-0.39, 0.29) is 0 Å². The van der Waals surface area contributed by atoms with Crippen molar-refractivity contribution in [3.05, 3.63) is 35.4 Å². The molecule has 1 N–H and O–H groups in total. The van der Waals surface area contributed by atoms with Gasteiger partial charge in [0, 0.05) is 0 Å². The van der Waals surface area contributed by atoms with Crippen LogP contribution in [0.1, 0.15) is 50.2 Å². The SMILES string of the molecule is Cc1ccccc1C(C)(O)C1CCCCC1. The zero-order chi connectivity index (χ0) is 11.6. The van der Waals surface area contributed by atoms with Gasteiger partial charge in [0.1, 0.15) is 0 Å². The molecule has 16 heavy (non-hydrogen) atoms. The highest BCUT2D eigenvalue weighted by atomic mass is 16.3. The summed E-state index contributed by atoms with van der Waals surface area (Å²) in [4.78, 5) is 0. The van der Waals surface area contributed by atoms with Crippen LogP contribution in [0, 0.1) is 12.8 Å². The van der Waals surface area contributed by atoms with Crippen LogP contribution in [0.25, 0.3) is 0 Å². The Hall–Kier alpha value is -0.820. The van der Waals surface area contributed by atoms with Gasteiger partial charge in [0.15, 0.2) is 0 Å². The first-order chi connectivity index (χ1) is 7.62. The molecule has 1 heteroatoms. The van der Waals surface area contributed by atoms with Crippen molar-refractivity contribution in [2.75, 3.05) is 0 Å². The molecule has 1 aromatic rings. The van der Waals surface area contributed by atoms with Crippen molar-refractivity contribution in [3.63, 3.8) is 0 Å². The average Bonchev–Trinajstić information content (AvgIpc) is 2.30. The maximum absolute atomic E-state index is 10.8. The maximum atomic E-state index is 10.8. The summed E-state index contributed by atoms with van der Waals surface area (Å²) < 4.78 is 0. The number of aliphatic hydroxyl groups is 1. The number of hydrogen-bond acceptors (Lipinski definition) is 1. The molecule has 1 aliphatic carbocycles. The second kappa shape index (κ2) is 4.58. The summed E-state index contributed by atoms with van der Waals surface area (Å²) >= 11 is 0. The van der Waals surface area contributed by atoms with Crippen molar-refractivity contribution in [3.8, 4) is 0 Å². The van der Waals surface area contributed by atoms with E-state index in [1.165, 1.54) is 37.7 Å². The van der Waals surface area contributed by atoms with Crippen LogP contribution in [0.2, 0.25) is 0 Å². The van der Waals surface area contributed by atoms with Crippen LogP contribution < -0.4 is 0 Å². The normalized spacial score (nSPS) is 21.7. The number of aryl methyl sites for hydroxylation is 1. The van der Waals surface area contributed by atoms with E-state index in [1.54, 1.807) is 0 Å². The van der Waals surface area contributed by atoms with Crippen LogP contribution in [0.15, 0.2) is 24.3 Å². The summed E-state index contributed by atoms with van der Waals surface area (Å²) in [5.41, 5.74) is 1.67. The van der Waals surface area contributed by atoms with Crippen LogP contribution >= 0.6 is 0 Å². The lowest BCUT2D eigenvalue weighted by Crippen LogP contribution is -2.33. The van der Waals surface area contributed by atoms with Crippen LogP contribution in [-0.4, -0.2) is 5.11 Å². The molecular formula is C15H22O. The van der Waals surface area contributed by atoms with Gasteiger partial charge in [-0.3, -0.25) is 0 Å². The molecule has 1 fully saturated rings. The molecule has 88 valence electrons. The second-order valence-electron chi connectivity index (χ2n) is 5.30. The second-order valence-corrected chi connectivity index (χ2v) is 5.30. The predicted molar refractivity (Wildman–Crippen MR) is 67.3 cm³/mol. The molecule has 0 bridgehead atoms. The minimum atomic E-state index is -0.647. The fourth-order valence-electron chi connectivity index (χ4n) is 3.03. The van der Waals surface area contributed by atoms with Gasteiger partial charge in [-0.05, 0) is 43.7 Å². The molecular weight excluding hydrogens is 196 g/mol. The first kappa shape index (κ1) is 11.7. The Kier molecular flexibility index (Phi) is 3.34. The topological polar surface area (TPSA) is 20.2 Å². The quantitative estimate of drug-likeness (QED) is 0.801. The van der Waals surface area contributed by atoms with Gasteiger partial charge in [0.2, 0.25) is 0 Å². The van der Waals surface area contributed by atoms with Gasteiger partial charge in [-0.1, -0.05) is 43.5 Å². The van der Waals surface area contributed by atoms with E-state index in [0.29, 0.717) is 5.92 Å². The Labute approximate surface area is 98.5 Å². The fraction of sp³-hybridized carbons (Fsp3) is 0.600. The van der Waals surface area contributed by atoms with Crippen molar-refractivity contribution in [2.45, 2.75) is 51.6 Å². The Morgan fingerprint density at radius 2 is 1.75 bits per heavy atom. The van der Waals surface area contributed by atoms with Gasteiger partial charge in [-0.15, -0.1) is 0 Å². The monoisotopic (exact) mass is 218 g/mol. The summed E-state index contributed by atoms with van der Waals surface area (Å²) in [5, 5.41) is 10.8. The Morgan fingerprint density at radius 1 is 1.12 bits per heavy atom. The molecule has 1 unspecified atom stereocenters. The Morgan fingerprint density at radius 3 is 2.38 bits per heavy atom. The number of rotatable bonds is 2. The third-order valence-corrected chi connectivity index (χ3v) is 4.09. The smallest absolute Gasteiger partial charge is 0.0899 e. The Balaban J connectivity index is 2.26. The number of benzene rings is 1. The van der Waals surface area contributed by atoms with Gasteiger partial charge in [-0.2, -0.15) is 0 Å². The van der Waals surface area contributed by atoms with E-state index < -0.39 is 5.60 Å². The van der Waals surface area contributed by atoms with Crippen molar-refractivity contribution < 1.29 is 5.11 Å². The summed E-state index contributed by atoms with van der Waals surface area (Å²) in [7, 11) is 0. The fourth-order valence-corrected chi connectivity index (χ4v) is 3.03. The lowest BCUT2D eigenvalue weighted by molar-refractivity contribution is -0.0220. The lowest BCUT2D eigenvalue weighted by Gasteiger charge is -2.37. The summed E-state index contributed by atoms with van der Waals surface area (Å²) in [6, 6.07) is 8.23. The molecule has 1 aromatic carbocycles. The highest BCUT2D eigenvalue weighted by Gasteiger charge is 2.35. The highest BCUT2D eigenvalue weighted by molar-refractivity contribution is 5.31. The van der Waals surface area contributed by atoms with E-state index in [9.17, 15) is 5.11 Å². The molecule has 0 aromatic heterocycles. The van der Waals surface area contributed by atoms with Crippen LogP contribution in [0.3, 0.4) is 0 Å². The van der Waals surface area contributed by atoms with Gasteiger partial charge in [0.05, 0.1) is 5.60 Å². The Bertz CT molecular complexity index is 348. The van der Waals surface area contributed by atoms with E-state index in [0.717, 1.165) is 5.56 Å². The maximum Gasteiger partial charge on any atom is 0.0899 e. The molecule has 2 rings (SSSR count). The minimum absolute atomic E-state index is 0.433. The molecule has 1 saturated carbocycles. The molecule has 1 nitrogen and oxygen atoms in total. The predicted octanol–water partition coefficient (Wildman–Crippen LogP) is 3.78. The first-order valence-corrected chi connectivity index (χ1v) is 6.41. The van der Waals surface area contributed by atoms with E-state index in [2.05, 4.69) is 19.1 Å². The van der Waals surface area contributed by atoms with Gasteiger partial charge in [-0.25, -0.2) is 0 Å². The molecule has 0 amide bonds. The van der Waals surface area contributed by atoms with Crippen LogP contribution in [0.4, 0.5) is 0 Å². The van der Waals surface area contributed by atoms with Gasteiger partial charge in [0.25, 0.3) is 0 Å². The molecule has 0 radical (unpaired) electrons. The average molecular weight is 218 g/mol. The van der Waals surface area contributed by atoms with Crippen molar-refractivity contribution >= 4 is 0 Å². The zero-order valence-corrected chi connectivity index (χ0v) is 10.4. The van der Waals surface area contributed by atoms with Crippen LogP contribution in [0.5, 0.6) is 0 Å². The highest BCUT2D eigenvalue weighted by Crippen LogP contribution is 2.39. The van der Waals surface area contributed by atoms with Gasteiger partial charge < -0.3 is 5.11 Å². The molecule has 0 heterocycles. The molecule has 0 spiro atoms. The molecule has 0 aliphatic heterocycles. The van der Waals surface area contributed by atoms with Crippen molar-refractivity contribution in [2.24, 2.45) is 5.92 Å². The summed E-state index contributed by atoms with van der Waals surface area (Å²) in [6.07, 6.45) is 6.21. The van der Waals surface area contributed by atoms with E-state index in [4.69, 9.17) is 0 Å². The van der Waals surface area contributed by atoms with E-state index >= 15 is 0 Å². The number of hydrogen-bond donors (Lipinski definition) is 1. The van der Waals surface area contributed by atoms with Gasteiger partial charge >= 0.3 is 0 Å². The first-order valence-electron chi connectivity index (χ1n) is 6.41. The third-order valence-electron chi connectivity index (χ3n) is 4.09. The van der Waals surface area contributed by atoms with E-state index in [1.807, 2.05) is 19.1 Å². The summed E-state index contributed by atoms with van der Waals surface area (Å²) in [6.45, 7) is 4.08. The largest absolute Gasteiger partial charge is 0.385 e. The molecule has 1 atom stereocenters. The summed E-state index contributed by atoms with van der Waals surface area (Å²) in [5.74, 6) is 0.433. The van der Waals surface area contributed by atoms with Crippen molar-refractivity contribution in [1.82, 2.24) is 0 Å². The van der Waals surface area contributed by atoms with Crippen LogP contribution in [-0.2, 0) is 5.60 Å². The van der Waals surface area contributed by atoms with Crippen molar-refractivity contribution in [1.29, 1.82) is 0 Å². The molecule has 1 aliphatic rings. The third kappa shape index (κ3) is 2.15.